The Morgan fingerprint density at radius 3 is 2.33 bits per heavy atom. The van der Waals surface area contributed by atoms with Crippen molar-refractivity contribution in [3.8, 4) is 18.1 Å². The van der Waals surface area contributed by atoms with E-state index in [9.17, 15) is 8.42 Å². The van der Waals surface area contributed by atoms with Crippen LogP contribution in [0.5, 0.6) is 5.75 Å². The Morgan fingerprint density at radius 2 is 1.93 bits per heavy atom. The van der Waals surface area contributed by atoms with Crippen LogP contribution in [0.1, 0.15) is 6.92 Å². The van der Waals surface area contributed by atoms with Gasteiger partial charge in [-0.3, -0.25) is 0 Å². The van der Waals surface area contributed by atoms with Gasteiger partial charge >= 0.3 is 0 Å². The van der Waals surface area contributed by atoms with Crippen LogP contribution in [-0.4, -0.2) is 14.5 Å². The zero-order valence-corrected chi connectivity index (χ0v) is 9.55. The van der Waals surface area contributed by atoms with E-state index in [1.54, 1.807) is 6.92 Å². The Hall–Kier alpha value is -1.18. The molecule has 0 saturated heterocycles. The predicted octanol–water partition coefficient (Wildman–Crippen LogP) is 2.01. The molecule has 0 spiro atoms. The average molecular weight is 245 g/mol. The highest BCUT2D eigenvalue weighted by atomic mass is 35.7. The molecule has 0 bridgehead atoms. The third-order valence-electron chi connectivity index (χ3n) is 1.65. The fourth-order valence-electron chi connectivity index (χ4n) is 0.919. The molecule has 1 unspecified atom stereocenters. The Bertz CT molecular complexity index is 470. The van der Waals surface area contributed by atoms with E-state index in [0.717, 1.165) is 0 Å². The maximum atomic E-state index is 10.9. The topological polar surface area (TPSA) is 43.4 Å². The summed E-state index contributed by atoms with van der Waals surface area (Å²) in [6.07, 6.45) is 4.77. The van der Waals surface area contributed by atoms with Crippen molar-refractivity contribution < 1.29 is 13.2 Å². The van der Waals surface area contributed by atoms with Gasteiger partial charge in [-0.1, -0.05) is 5.92 Å². The second-order valence-corrected chi connectivity index (χ2v) is 5.40. The third kappa shape index (κ3) is 3.46. The number of benzene rings is 1. The highest BCUT2D eigenvalue weighted by molar-refractivity contribution is 8.13. The quantitative estimate of drug-likeness (QED) is 0.604. The lowest BCUT2D eigenvalue weighted by molar-refractivity contribution is 0.279. The zero-order chi connectivity index (χ0) is 11.5. The molecule has 0 aromatic heterocycles. The van der Waals surface area contributed by atoms with Crippen LogP contribution in [0.2, 0.25) is 0 Å². The predicted molar refractivity (Wildman–Crippen MR) is 58.4 cm³/mol. The minimum atomic E-state index is -3.68. The summed E-state index contributed by atoms with van der Waals surface area (Å²) in [5.74, 6) is 2.90. The van der Waals surface area contributed by atoms with E-state index >= 15 is 0 Å². The van der Waals surface area contributed by atoms with Crippen LogP contribution >= 0.6 is 10.7 Å². The van der Waals surface area contributed by atoms with Crippen LogP contribution in [0, 0.1) is 12.3 Å². The highest BCUT2D eigenvalue weighted by Crippen LogP contribution is 2.19. The summed E-state index contributed by atoms with van der Waals surface area (Å²) in [6, 6.07) is 5.73. The highest BCUT2D eigenvalue weighted by Gasteiger charge is 2.09. The maximum Gasteiger partial charge on any atom is 0.261 e. The summed E-state index contributed by atoms with van der Waals surface area (Å²) in [4.78, 5) is 0.0323. The van der Waals surface area contributed by atoms with Crippen LogP contribution in [-0.2, 0) is 9.05 Å². The first-order chi connectivity index (χ1) is 6.93. The molecule has 80 valence electrons. The first kappa shape index (κ1) is 11.9. The minimum Gasteiger partial charge on any atom is -0.478 e. The van der Waals surface area contributed by atoms with Crippen molar-refractivity contribution in [3.05, 3.63) is 24.3 Å². The summed E-state index contributed by atoms with van der Waals surface area (Å²) in [6.45, 7) is 1.71. The van der Waals surface area contributed by atoms with Crippen LogP contribution < -0.4 is 4.74 Å². The lowest BCUT2D eigenvalue weighted by Crippen LogP contribution is -2.07. The van der Waals surface area contributed by atoms with E-state index in [2.05, 4.69) is 5.92 Å². The molecule has 3 nitrogen and oxygen atoms in total. The lowest BCUT2D eigenvalue weighted by Gasteiger charge is -2.08. The molecule has 0 fully saturated rings. The normalized spacial score (nSPS) is 12.9. The molecule has 0 N–H and O–H groups in total. The second-order valence-electron chi connectivity index (χ2n) is 2.84. The first-order valence-corrected chi connectivity index (χ1v) is 6.42. The smallest absolute Gasteiger partial charge is 0.261 e. The molecule has 1 aromatic carbocycles. The van der Waals surface area contributed by atoms with E-state index in [-0.39, 0.29) is 11.0 Å². The Balaban J connectivity index is 2.88. The molecular formula is C10H9ClO3S. The van der Waals surface area contributed by atoms with Crippen molar-refractivity contribution in [3.63, 3.8) is 0 Å². The summed E-state index contributed by atoms with van der Waals surface area (Å²) in [7, 11) is 1.47. The average Bonchev–Trinajstić information content (AvgIpc) is 2.17. The number of hydrogen-bond donors (Lipinski definition) is 0. The maximum absolute atomic E-state index is 10.9. The molecule has 0 amide bonds. The lowest BCUT2D eigenvalue weighted by atomic mass is 10.3. The van der Waals surface area contributed by atoms with Gasteiger partial charge in [0.25, 0.3) is 9.05 Å². The van der Waals surface area contributed by atoms with E-state index in [1.165, 1.54) is 24.3 Å². The van der Waals surface area contributed by atoms with Crippen molar-refractivity contribution in [2.45, 2.75) is 17.9 Å². The van der Waals surface area contributed by atoms with E-state index in [4.69, 9.17) is 21.8 Å². The molecule has 1 rings (SSSR count). The molecule has 0 aliphatic heterocycles. The molecular weight excluding hydrogens is 236 g/mol. The van der Waals surface area contributed by atoms with Gasteiger partial charge in [0.05, 0.1) is 4.90 Å². The summed E-state index contributed by atoms with van der Waals surface area (Å²) in [5.41, 5.74) is 0. The van der Waals surface area contributed by atoms with Gasteiger partial charge in [0, 0.05) is 10.7 Å². The van der Waals surface area contributed by atoms with Crippen LogP contribution in [0.15, 0.2) is 29.2 Å². The van der Waals surface area contributed by atoms with E-state index < -0.39 is 9.05 Å². The minimum absolute atomic E-state index is 0.0323. The number of ether oxygens (including phenoxy) is 1. The molecule has 0 aliphatic rings. The number of rotatable bonds is 3. The van der Waals surface area contributed by atoms with E-state index in [0.29, 0.717) is 5.75 Å². The van der Waals surface area contributed by atoms with Crippen molar-refractivity contribution in [1.29, 1.82) is 0 Å². The van der Waals surface area contributed by atoms with Crippen molar-refractivity contribution >= 4 is 19.7 Å². The number of hydrogen-bond acceptors (Lipinski definition) is 3. The van der Waals surface area contributed by atoms with Gasteiger partial charge in [0.2, 0.25) is 0 Å². The SMILES string of the molecule is C#CC(C)Oc1ccc(S(=O)(=O)Cl)cc1. The molecule has 5 heteroatoms. The summed E-state index contributed by atoms with van der Waals surface area (Å²) < 4.78 is 27.1. The Labute approximate surface area is 93.4 Å². The van der Waals surface area contributed by atoms with Gasteiger partial charge in [0.15, 0.2) is 6.10 Å². The van der Waals surface area contributed by atoms with Crippen LogP contribution in [0.3, 0.4) is 0 Å². The second kappa shape index (κ2) is 4.56. The Morgan fingerprint density at radius 1 is 1.40 bits per heavy atom. The number of terminal acetylenes is 1. The van der Waals surface area contributed by atoms with Gasteiger partial charge in [-0.05, 0) is 31.2 Å². The fourth-order valence-corrected chi connectivity index (χ4v) is 1.69. The van der Waals surface area contributed by atoms with Gasteiger partial charge in [-0.25, -0.2) is 8.42 Å². The molecule has 0 saturated carbocycles. The Kier molecular flexibility index (Phi) is 3.61. The largest absolute Gasteiger partial charge is 0.478 e. The molecule has 1 atom stereocenters. The fraction of sp³-hybridized carbons (Fsp3) is 0.200. The van der Waals surface area contributed by atoms with Gasteiger partial charge in [-0.15, -0.1) is 6.42 Å². The van der Waals surface area contributed by atoms with Crippen LogP contribution in [0.4, 0.5) is 0 Å². The van der Waals surface area contributed by atoms with Gasteiger partial charge < -0.3 is 4.74 Å². The molecule has 0 heterocycles. The third-order valence-corrected chi connectivity index (χ3v) is 3.02. The number of halogens is 1. The van der Waals surface area contributed by atoms with Crippen molar-refractivity contribution in [1.82, 2.24) is 0 Å². The molecule has 15 heavy (non-hydrogen) atoms. The first-order valence-electron chi connectivity index (χ1n) is 4.11. The van der Waals surface area contributed by atoms with Crippen molar-refractivity contribution in [2.75, 3.05) is 0 Å². The molecule has 0 radical (unpaired) electrons. The van der Waals surface area contributed by atoms with E-state index in [1.807, 2.05) is 0 Å². The molecule has 1 aromatic rings. The summed E-state index contributed by atoms with van der Waals surface area (Å²) in [5, 5.41) is 0. The van der Waals surface area contributed by atoms with Gasteiger partial charge in [0.1, 0.15) is 5.75 Å². The summed E-state index contributed by atoms with van der Waals surface area (Å²) >= 11 is 0. The standard InChI is InChI=1S/C10H9ClO3S/c1-3-8(2)14-9-4-6-10(7-5-9)15(11,12)13/h1,4-8H,2H3. The van der Waals surface area contributed by atoms with Crippen LogP contribution in [0.25, 0.3) is 0 Å². The molecule has 0 aliphatic carbocycles. The van der Waals surface area contributed by atoms with Gasteiger partial charge in [-0.2, -0.15) is 0 Å². The van der Waals surface area contributed by atoms with Crippen molar-refractivity contribution in [2.24, 2.45) is 0 Å². The zero-order valence-electron chi connectivity index (χ0n) is 7.98. The monoisotopic (exact) mass is 244 g/mol.